The van der Waals surface area contributed by atoms with Crippen LogP contribution in [0.1, 0.15) is 18.4 Å². The highest BCUT2D eigenvalue weighted by Gasteiger charge is 2.42. The zero-order valence-corrected chi connectivity index (χ0v) is 20.7. The maximum absolute atomic E-state index is 14.3. The van der Waals surface area contributed by atoms with Crippen LogP contribution < -0.4 is 4.90 Å². The average molecular weight is 514 g/mol. The molecule has 2 aromatic carbocycles. The highest BCUT2D eigenvalue weighted by Crippen LogP contribution is 2.33. The molecule has 1 atom stereocenters. The van der Waals surface area contributed by atoms with Gasteiger partial charge in [0.2, 0.25) is 15.9 Å². The largest absolute Gasteiger partial charge is 0.285 e. The van der Waals surface area contributed by atoms with Crippen molar-refractivity contribution in [2.45, 2.75) is 37.2 Å². The second-order valence-electron chi connectivity index (χ2n) is 8.43. The van der Waals surface area contributed by atoms with Crippen LogP contribution in [0.2, 0.25) is 0 Å². The molecule has 1 aliphatic rings. The molecular formula is C24H24FN5O3S2. The fourth-order valence-electron chi connectivity index (χ4n) is 4.25. The number of amides is 1. The Hall–Kier alpha value is -3.15. The SMILES string of the molecule is Cc1ccc(S(=O)(=O)N2CCCC2C(=O)N(CCn2cccn2)c2nc3c(F)cccc3s2)cc1. The van der Waals surface area contributed by atoms with Crippen LogP contribution in [0.5, 0.6) is 0 Å². The number of hydrogen-bond acceptors (Lipinski definition) is 6. The van der Waals surface area contributed by atoms with Crippen LogP contribution in [0.3, 0.4) is 0 Å². The molecule has 0 radical (unpaired) electrons. The summed E-state index contributed by atoms with van der Waals surface area (Å²) in [6.45, 7) is 2.75. The third kappa shape index (κ3) is 4.58. The van der Waals surface area contributed by atoms with E-state index in [2.05, 4.69) is 10.1 Å². The molecule has 8 nitrogen and oxygen atoms in total. The third-order valence-corrected chi connectivity index (χ3v) is 9.05. The molecule has 4 aromatic rings. The number of sulfonamides is 1. The minimum atomic E-state index is -3.86. The van der Waals surface area contributed by atoms with E-state index in [4.69, 9.17) is 0 Å². The number of fused-ring (bicyclic) bond motifs is 1. The summed E-state index contributed by atoms with van der Waals surface area (Å²) >= 11 is 1.21. The summed E-state index contributed by atoms with van der Waals surface area (Å²) in [5.74, 6) is -0.835. The van der Waals surface area contributed by atoms with Gasteiger partial charge in [-0.3, -0.25) is 14.4 Å². The van der Waals surface area contributed by atoms with Crippen molar-refractivity contribution in [3.05, 3.63) is 72.3 Å². The van der Waals surface area contributed by atoms with Gasteiger partial charge in [0.05, 0.1) is 16.1 Å². The minimum Gasteiger partial charge on any atom is -0.285 e. The summed E-state index contributed by atoms with van der Waals surface area (Å²) in [7, 11) is -3.86. The van der Waals surface area contributed by atoms with E-state index in [0.29, 0.717) is 29.2 Å². The van der Waals surface area contributed by atoms with Crippen LogP contribution in [-0.2, 0) is 21.4 Å². The number of carbonyl (C=O) groups excluding carboxylic acids is 1. The van der Waals surface area contributed by atoms with Gasteiger partial charge < -0.3 is 0 Å². The molecule has 11 heteroatoms. The molecule has 0 saturated carbocycles. The second-order valence-corrected chi connectivity index (χ2v) is 11.3. The number of anilines is 1. The van der Waals surface area contributed by atoms with Crippen molar-refractivity contribution in [1.82, 2.24) is 19.1 Å². The van der Waals surface area contributed by atoms with E-state index in [1.54, 1.807) is 59.5 Å². The number of carbonyl (C=O) groups is 1. The van der Waals surface area contributed by atoms with Crippen LogP contribution in [0.25, 0.3) is 10.2 Å². The fraction of sp³-hybridized carbons (Fsp3) is 0.292. The van der Waals surface area contributed by atoms with Crippen molar-refractivity contribution >= 4 is 42.6 Å². The monoisotopic (exact) mass is 513 g/mol. The van der Waals surface area contributed by atoms with Gasteiger partial charge in [-0.1, -0.05) is 35.1 Å². The fourth-order valence-corrected chi connectivity index (χ4v) is 6.92. The molecule has 5 rings (SSSR count). The molecule has 2 aromatic heterocycles. The van der Waals surface area contributed by atoms with Gasteiger partial charge in [-0.25, -0.2) is 17.8 Å². The summed E-state index contributed by atoms with van der Waals surface area (Å²) in [5, 5.41) is 4.53. The highest BCUT2D eigenvalue weighted by molar-refractivity contribution is 7.89. The summed E-state index contributed by atoms with van der Waals surface area (Å²) in [4.78, 5) is 19.9. The van der Waals surface area contributed by atoms with Crippen molar-refractivity contribution in [2.24, 2.45) is 0 Å². The Bertz CT molecular complexity index is 1450. The topological polar surface area (TPSA) is 88.4 Å². The Kier molecular flexibility index (Phi) is 6.39. The van der Waals surface area contributed by atoms with Crippen molar-refractivity contribution < 1.29 is 17.6 Å². The number of aromatic nitrogens is 3. The second kappa shape index (κ2) is 9.48. The van der Waals surface area contributed by atoms with Gasteiger partial charge in [0, 0.05) is 25.5 Å². The summed E-state index contributed by atoms with van der Waals surface area (Å²) < 4.78 is 44.8. The van der Waals surface area contributed by atoms with Crippen LogP contribution in [-0.4, -0.2) is 52.5 Å². The zero-order valence-electron chi connectivity index (χ0n) is 19.0. The van der Waals surface area contributed by atoms with Gasteiger partial charge in [0.1, 0.15) is 17.4 Å². The lowest BCUT2D eigenvalue weighted by molar-refractivity contribution is -0.121. The first kappa shape index (κ1) is 23.6. The van der Waals surface area contributed by atoms with E-state index >= 15 is 0 Å². The highest BCUT2D eigenvalue weighted by atomic mass is 32.2. The molecule has 0 bridgehead atoms. The van der Waals surface area contributed by atoms with E-state index in [-0.39, 0.29) is 29.4 Å². The molecule has 0 spiro atoms. The molecule has 1 unspecified atom stereocenters. The van der Waals surface area contributed by atoms with Gasteiger partial charge in [0.15, 0.2) is 5.13 Å². The number of halogens is 1. The molecule has 1 amide bonds. The Labute approximate surface area is 206 Å². The number of benzene rings is 2. The molecule has 0 aliphatic carbocycles. The van der Waals surface area contributed by atoms with E-state index < -0.39 is 21.9 Å². The number of hydrogen-bond donors (Lipinski definition) is 0. The number of nitrogens with zero attached hydrogens (tertiary/aromatic N) is 5. The minimum absolute atomic E-state index is 0.160. The molecule has 1 fully saturated rings. The van der Waals surface area contributed by atoms with Crippen molar-refractivity contribution in [3.63, 3.8) is 0 Å². The number of thiazole rings is 1. The zero-order chi connectivity index (χ0) is 24.6. The summed E-state index contributed by atoms with van der Waals surface area (Å²) in [6.07, 6.45) is 4.40. The molecule has 1 aliphatic heterocycles. The number of aryl methyl sites for hydroxylation is 1. The Morgan fingerprint density at radius 2 is 2.00 bits per heavy atom. The number of rotatable bonds is 7. The predicted octanol–water partition coefficient (Wildman–Crippen LogP) is 3.83. The van der Waals surface area contributed by atoms with Crippen molar-refractivity contribution in [1.29, 1.82) is 0 Å². The van der Waals surface area contributed by atoms with Gasteiger partial charge in [0.25, 0.3) is 0 Å². The normalized spacial score (nSPS) is 16.7. The Morgan fingerprint density at radius 1 is 1.20 bits per heavy atom. The van der Waals surface area contributed by atoms with E-state index in [1.165, 1.54) is 26.6 Å². The smallest absolute Gasteiger partial charge is 0.247 e. The molecular weight excluding hydrogens is 489 g/mol. The van der Waals surface area contributed by atoms with Crippen LogP contribution in [0.15, 0.2) is 65.8 Å². The lowest BCUT2D eigenvalue weighted by Gasteiger charge is -2.28. The molecule has 0 N–H and O–H groups in total. The van der Waals surface area contributed by atoms with Crippen molar-refractivity contribution in [3.8, 4) is 0 Å². The predicted molar refractivity (Wildman–Crippen MR) is 132 cm³/mol. The first-order valence-electron chi connectivity index (χ1n) is 11.3. The lowest BCUT2D eigenvalue weighted by atomic mass is 10.2. The molecule has 35 heavy (non-hydrogen) atoms. The molecule has 1 saturated heterocycles. The average Bonchev–Trinajstić information content (AvgIpc) is 3.60. The van der Waals surface area contributed by atoms with Crippen LogP contribution >= 0.6 is 11.3 Å². The Morgan fingerprint density at radius 3 is 2.71 bits per heavy atom. The van der Waals surface area contributed by atoms with Crippen LogP contribution in [0.4, 0.5) is 9.52 Å². The first-order chi connectivity index (χ1) is 16.8. The third-order valence-electron chi connectivity index (χ3n) is 6.08. The summed E-state index contributed by atoms with van der Waals surface area (Å²) in [6, 6.07) is 12.2. The van der Waals surface area contributed by atoms with Gasteiger partial charge >= 0.3 is 0 Å². The lowest BCUT2D eigenvalue weighted by Crippen LogP contribution is -2.48. The molecule has 182 valence electrons. The Balaban J connectivity index is 1.49. The summed E-state index contributed by atoms with van der Waals surface area (Å²) in [5.41, 5.74) is 1.14. The number of para-hydroxylation sites is 1. The van der Waals surface area contributed by atoms with E-state index in [1.807, 2.05) is 6.92 Å². The maximum atomic E-state index is 14.3. The van der Waals surface area contributed by atoms with Crippen LogP contribution in [0, 0.1) is 12.7 Å². The maximum Gasteiger partial charge on any atom is 0.247 e. The van der Waals surface area contributed by atoms with Gasteiger partial charge in [-0.15, -0.1) is 0 Å². The standard InChI is InChI=1S/C24H24FN5O3S2/c1-17-8-10-18(11-9-17)35(32,33)30-14-3-6-20(30)23(31)29(16-15-28-13-4-12-26-28)24-27-22-19(25)5-2-7-21(22)34-24/h2,4-5,7-13,20H,3,6,14-16H2,1H3. The quantitative estimate of drug-likeness (QED) is 0.375. The van der Waals surface area contributed by atoms with Gasteiger partial charge in [-0.05, 0) is 50.1 Å². The molecule has 3 heterocycles. The van der Waals surface area contributed by atoms with E-state index in [9.17, 15) is 17.6 Å². The first-order valence-corrected chi connectivity index (χ1v) is 13.5. The van der Waals surface area contributed by atoms with Gasteiger partial charge in [-0.2, -0.15) is 9.40 Å². The van der Waals surface area contributed by atoms with Crippen molar-refractivity contribution in [2.75, 3.05) is 18.0 Å². The van der Waals surface area contributed by atoms with E-state index in [0.717, 1.165) is 5.56 Å².